The molecule has 1 saturated carbocycles. The second-order valence-corrected chi connectivity index (χ2v) is 8.73. The van der Waals surface area contributed by atoms with E-state index < -0.39 is 5.97 Å². The number of aromatic carboxylic acids is 1. The van der Waals surface area contributed by atoms with E-state index in [0.717, 1.165) is 29.3 Å². The van der Waals surface area contributed by atoms with Gasteiger partial charge in [0, 0.05) is 29.1 Å². The van der Waals surface area contributed by atoms with Crippen molar-refractivity contribution in [3.8, 4) is 11.3 Å². The van der Waals surface area contributed by atoms with Crippen molar-refractivity contribution in [2.45, 2.75) is 44.4 Å². The van der Waals surface area contributed by atoms with E-state index in [0.29, 0.717) is 23.7 Å². The highest BCUT2D eigenvalue weighted by atomic mass is 16.4. The Hall–Kier alpha value is -3.74. The third-order valence-corrected chi connectivity index (χ3v) is 6.87. The molecular weight excluding hydrogens is 402 g/mol. The van der Waals surface area contributed by atoms with Gasteiger partial charge in [0.05, 0.1) is 16.8 Å². The summed E-state index contributed by atoms with van der Waals surface area (Å²) in [7, 11) is 0. The van der Waals surface area contributed by atoms with Crippen LogP contribution in [-0.2, 0) is 6.42 Å². The minimum Gasteiger partial charge on any atom is -0.478 e. The van der Waals surface area contributed by atoms with E-state index in [1.165, 1.54) is 41.6 Å². The second-order valence-electron chi connectivity index (χ2n) is 8.73. The average Bonchev–Trinajstić information content (AvgIpc) is 3.42. The van der Waals surface area contributed by atoms with Gasteiger partial charge < -0.3 is 9.67 Å². The number of carboxylic acid groups (broad SMARTS) is 1. The molecule has 2 aromatic carbocycles. The molecule has 1 aliphatic carbocycles. The number of fused-ring (bicyclic) bond motifs is 5. The number of rotatable bonds is 3. The SMILES string of the molecule is O=C(O)c1ccc2c(C3CCCCC3)c3n(c2c1)C=C(c1nn[nH]n1)Cc1ccccc1-3. The van der Waals surface area contributed by atoms with Gasteiger partial charge in [-0.1, -0.05) is 49.6 Å². The van der Waals surface area contributed by atoms with Gasteiger partial charge in [0.2, 0.25) is 5.82 Å². The van der Waals surface area contributed by atoms with Crippen molar-refractivity contribution in [3.63, 3.8) is 0 Å². The Morgan fingerprint density at radius 1 is 1.09 bits per heavy atom. The lowest BCUT2D eigenvalue weighted by molar-refractivity contribution is 0.0697. The lowest BCUT2D eigenvalue weighted by atomic mass is 9.81. The zero-order chi connectivity index (χ0) is 21.7. The topological polar surface area (TPSA) is 96.7 Å². The van der Waals surface area contributed by atoms with Crippen molar-refractivity contribution in [1.82, 2.24) is 25.2 Å². The number of benzene rings is 2. The third-order valence-electron chi connectivity index (χ3n) is 6.87. The number of carboxylic acids is 1. The van der Waals surface area contributed by atoms with E-state index in [2.05, 4.69) is 55.7 Å². The molecule has 7 nitrogen and oxygen atoms in total. The zero-order valence-corrected chi connectivity index (χ0v) is 17.6. The summed E-state index contributed by atoms with van der Waals surface area (Å²) in [6, 6.07) is 14.0. The predicted octanol–water partition coefficient (Wildman–Crippen LogP) is 5.12. The van der Waals surface area contributed by atoms with Gasteiger partial charge in [-0.05, 0) is 47.2 Å². The summed E-state index contributed by atoms with van der Waals surface area (Å²) in [5, 5.41) is 25.6. The molecule has 1 aliphatic heterocycles. The summed E-state index contributed by atoms with van der Waals surface area (Å²) >= 11 is 0. The fourth-order valence-corrected chi connectivity index (χ4v) is 5.43. The summed E-state index contributed by atoms with van der Waals surface area (Å²) in [5.74, 6) is 0.104. The van der Waals surface area contributed by atoms with Crippen LogP contribution in [0, 0.1) is 0 Å². The van der Waals surface area contributed by atoms with Gasteiger partial charge >= 0.3 is 5.97 Å². The Labute approximate surface area is 184 Å². The maximum absolute atomic E-state index is 11.8. The molecule has 7 heteroatoms. The van der Waals surface area contributed by atoms with Gasteiger partial charge in [-0.15, -0.1) is 10.2 Å². The number of nitrogens with zero attached hydrogens (tertiary/aromatic N) is 4. The minimum atomic E-state index is -0.918. The van der Waals surface area contributed by atoms with Crippen LogP contribution < -0.4 is 0 Å². The van der Waals surface area contributed by atoms with E-state index in [4.69, 9.17) is 0 Å². The monoisotopic (exact) mass is 425 g/mol. The molecule has 0 saturated heterocycles. The normalized spacial score (nSPS) is 16.3. The molecule has 32 heavy (non-hydrogen) atoms. The predicted molar refractivity (Wildman–Crippen MR) is 122 cm³/mol. The Kier molecular flexibility index (Phi) is 4.41. The zero-order valence-electron chi connectivity index (χ0n) is 17.6. The molecule has 6 rings (SSSR count). The molecule has 1 fully saturated rings. The molecular formula is C25H23N5O2. The highest BCUT2D eigenvalue weighted by Gasteiger charge is 2.29. The molecule has 160 valence electrons. The number of hydrogen-bond donors (Lipinski definition) is 2. The number of H-pyrrole nitrogens is 1. The van der Waals surface area contributed by atoms with Crippen LogP contribution >= 0.6 is 0 Å². The summed E-state index contributed by atoms with van der Waals surface area (Å²) in [4.78, 5) is 11.8. The number of aromatic nitrogens is 5. The maximum atomic E-state index is 11.8. The molecule has 2 aromatic heterocycles. The van der Waals surface area contributed by atoms with Crippen LogP contribution in [-0.4, -0.2) is 36.3 Å². The molecule has 0 spiro atoms. The van der Waals surface area contributed by atoms with Crippen molar-refractivity contribution in [2.75, 3.05) is 0 Å². The third kappa shape index (κ3) is 2.96. The van der Waals surface area contributed by atoms with E-state index in [9.17, 15) is 9.90 Å². The van der Waals surface area contributed by atoms with Gasteiger partial charge in [0.1, 0.15) is 0 Å². The summed E-state index contributed by atoms with van der Waals surface area (Å²) in [5.41, 5.74) is 7.06. The average molecular weight is 425 g/mol. The van der Waals surface area contributed by atoms with E-state index >= 15 is 0 Å². The summed E-state index contributed by atoms with van der Waals surface area (Å²) < 4.78 is 2.17. The minimum absolute atomic E-state index is 0.292. The van der Waals surface area contributed by atoms with Crippen LogP contribution in [0.5, 0.6) is 0 Å². The van der Waals surface area contributed by atoms with Crippen molar-refractivity contribution in [2.24, 2.45) is 0 Å². The van der Waals surface area contributed by atoms with Crippen molar-refractivity contribution in [3.05, 3.63) is 65.0 Å². The molecule has 0 unspecified atom stereocenters. The van der Waals surface area contributed by atoms with Crippen molar-refractivity contribution in [1.29, 1.82) is 0 Å². The van der Waals surface area contributed by atoms with Crippen LogP contribution in [0.25, 0.3) is 33.9 Å². The number of nitrogens with one attached hydrogen (secondary N) is 1. The van der Waals surface area contributed by atoms with Gasteiger partial charge in [-0.25, -0.2) is 4.79 Å². The van der Waals surface area contributed by atoms with Gasteiger partial charge in [-0.2, -0.15) is 5.21 Å². The Morgan fingerprint density at radius 3 is 2.72 bits per heavy atom. The Balaban J connectivity index is 1.72. The van der Waals surface area contributed by atoms with Crippen molar-refractivity contribution < 1.29 is 9.90 Å². The van der Waals surface area contributed by atoms with Gasteiger partial charge in [0.15, 0.2) is 0 Å². The smallest absolute Gasteiger partial charge is 0.335 e. The van der Waals surface area contributed by atoms with E-state index in [1.807, 2.05) is 6.07 Å². The van der Waals surface area contributed by atoms with Gasteiger partial charge in [0.25, 0.3) is 0 Å². The highest BCUT2D eigenvalue weighted by Crippen LogP contribution is 2.46. The molecule has 0 atom stereocenters. The van der Waals surface area contributed by atoms with Crippen LogP contribution in [0.15, 0.2) is 42.5 Å². The standard InChI is InChI=1S/C25H23N5O2/c31-25(32)17-10-11-20-21(13-17)30-14-18(24-26-28-29-27-24)12-16-8-4-5-9-19(16)23(30)22(20)15-6-2-1-3-7-15/h4-5,8-11,13-15H,1-3,6-7,12H2,(H,31,32)(H,26,27,28,29). The molecule has 4 aromatic rings. The Morgan fingerprint density at radius 2 is 1.94 bits per heavy atom. The van der Waals surface area contributed by atoms with Crippen LogP contribution in [0.1, 0.15) is 65.3 Å². The quantitative estimate of drug-likeness (QED) is 0.475. The molecule has 2 N–H and O–H groups in total. The molecule has 0 radical (unpaired) electrons. The fourth-order valence-electron chi connectivity index (χ4n) is 5.43. The summed E-state index contributed by atoms with van der Waals surface area (Å²) in [6.45, 7) is 0. The van der Waals surface area contributed by atoms with Crippen molar-refractivity contribution >= 4 is 28.6 Å². The first-order chi connectivity index (χ1) is 15.7. The molecule has 0 bridgehead atoms. The first-order valence-electron chi connectivity index (χ1n) is 11.1. The highest BCUT2D eigenvalue weighted by molar-refractivity contribution is 6.01. The number of tetrazole rings is 1. The number of carbonyl (C=O) groups is 1. The summed E-state index contributed by atoms with van der Waals surface area (Å²) in [6.07, 6.45) is 8.83. The van der Waals surface area contributed by atoms with E-state index in [1.54, 1.807) is 12.1 Å². The van der Waals surface area contributed by atoms with Crippen LogP contribution in [0.4, 0.5) is 0 Å². The number of allylic oxidation sites excluding steroid dienone is 1. The lowest BCUT2D eigenvalue weighted by Gasteiger charge is -2.23. The van der Waals surface area contributed by atoms with Crippen LogP contribution in [0.2, 0.25) is 0 Å². The van der Waals surface area contributed by atoms with Gasteiger partial charge in [-0.3, -0.25) is 0 Å². The first-order valence-corrected chi connectivity index (χ1v) is 11.1. The fraction of sp³-hybridized carbons (Fsp3) is 0.280. The Bertz CT molecular complexity index is 1360. The van der Waals surface area contributed by atoms with Crippen LogP contribution in [0.3, 0.4) is 0 Å². The number of aromatic amines is 1. The molecule has 0 amide bonds. The molecule has 2 aliphatic rings. The first kappa shape index (κ1) is 19.0. The lowest BCUT2D eigenvalue weighted by Crippen LogP contribution is -2.06. The largest absolute Gasteiger partial charge is 0.478 e. The maximum Gasteiger partial charge on any atom is 0.335 e. The second kappa shape index (κ2) is 7.44. The molecule has 3 heterocycles. The van der Waals surface area contributed by atoms with E-state index in [-0.39, 0.29) is 0 Å². The number of hydrogen-bond acceptors (Lipinski definition) is 4.